The molecule has 10 heteroatoms. The summed E-state index contributed by atoms with van der Waals surface area (Å²) in [6, 6.07) is 0. The van der Waals surface area contributed by atoms with Crippen molar-refractivity contribution in [1.82, 2.24) is 9.55 Å². The predicted octanol–water partition coefficient (Wildman–Crippen LogP) is -0.695. The minimum absolute atomic E-state index is 0.231. The van der Waals surface area contributed by atoms with Crippen LogP contribution < -0.4 is 11.2 Å². The molecule has 0 saturated carbocycles. The summed E-state index contributed by atoms with van der Waals surface area (Å²) in [6.07, 6.45) is 2.27. The summed E-state index contributed by atoms with van der Waals surface area (Å²) < 4.78 is 32.9. The summed E-state index contributed by atoms with van der Waals surface area (Å²) >= 11 is 0. The molecule has 0 fully saturated rings. The Bertz CT molecular complexity index is 812. The zero-order chi connectivity index (χ0) is 17.8. The highest BCUT2D eigenvalue weighted by atomic mass is 32.2. The molecular formula is C13H18N2O7S. The van der Waals surface area contributed by atoms with Crippen molar-refractivity contribution in [3.63, 3.8) is 0 Å². The fourth-order valence-electron chi connectivity index (χ4n) is 1.65. The zero-order valence-corrected chi connectivity index (χ0v) is 14.0. The maximum atomic E-state index is 11.7. The summed E-state index contributed by atoms with van der Waals surface area (Å²) in [7, 11) is -2.26. The topological polar surface area (TPSA) is 125 Å². The average Bonchev–Trinajstić information content (AvgIpc) is 2.42. The molecule has 1 heterocycles. The Morgan fingerprint density at radius 1 is 1.30 bits per heavy atom. The summed E-state index contributed by atoms with van der Waals surface area (Å²) in [5, 5.41) is 0. The highest BCUT2D eigenvalue weighted by Crippen LogP contribution is 2.09. The van der Waals surface area contributed by atoms with Gasteiger partial charge in [-0.2, -0.15) is 8.42 Å². The zero-order valence-electron chi connectivity index (χ0n) is 13.2. The number of rotatable bonds is 6. The molecule has 0 aliphatic rings. The van der Waals surface area contributed by atoms with E-state index in [4.69, 9.17) is 4.74 Å². The van der Waals surface area contributed by atoms with Crippen molar-refractivity contribution in [3.05, 3.63) is 37.7 Å². The Morgan fingerprint density at radius 2 is 1.91 bits per heavy atom. The van der Waals surface area contributed by atoms with E-state index in [-0.39, 0.29) is 30.0 Å². The summed E-state index contributed by atoms with van der Waals surface area (Å²) in [6.45, 7) is 2.10. The van der Waals surface area contributed by atoms with E-state index < -0.39 is 27.3 Å². The number of H-pyrrole nitrogens is 1. The van der Waals surface area contributed by atoms with E-state index in [1.54, 1.807) is 0 Å². The van der Waals surface area contributed by atoms with Gasteiger partial charge in [-0.05, 0) is 18.6 Å². The normalized spacial score (nSPS) is 12.3. The van der Waals surface area contributed by atoms with Crippen molar-refractivity contribution in [1.29, 1.82) is 0 Å². The van der Waals surface area contributed by atoms with Crippen LogP contribution in [0.15, 0.2) is 15.2 Å². The van der Waals surface area contributed by atoms with Crippen LogP contribution in [0.2, 0.25) is 0 Å². The molecule has 128 valence electrons. The lowest BCUT2D eigenvalue weighted by molar-refractivity contribution is -0.140. The number of carbonyl (C=O) groups is 1. The molecule has 0 radical (unpaired) electrons. The number of carbonyl (C=O) groups excluding carboxylic acids is 1. The fraction of sp³-hybridized carbons (Fsp3) is 0.462. The molecule has 0 unspecified atom stereocenters. The molecule has 9 nitrogen and oxygen atoms in total. The molecule has 1 N–H and O–H groups in total. The quantitative estimate of drug-likeness (QED) is 0.533. The van der Waals surface area contributed by atoms with Crippen molar-refractivity contribution in [2.45, 2.75) is 13.8 Å². The van der Waals surface area contributed by atoms with Crippen LogP contribution in [0.3, 0.4) is 0 Å². The molecule has 0 bridgehead atoms. The number of hydrogen-bond acceptors (Lipinski definition) is 7. The lowest BCUT2D eigenvalue weighted by Gasteiger charge is -2.11. The highest BCUT2D eigenvalue weighted by Gasteiger charge is 2.11. The minimum Gasteiger partial charge on any atom is -0.461 e. The summed E-state index contributed by atoms with van der Waals surface area (Å²) in [4.78, 5) is 36.4. The number of ether oxygens (including phenoxy) is 1. The number of nitrogens with zero attached hydrogens (tertiary/aromatic N) is 1. The van der Waals surface area contributed by atoms with Crippen LogP contribution in [0.5, 0.6) is 0 Å². The van der Waals surface area contributed by atoms with Crippen molar-refractivity contribution in [3.8, 4) is 0 Å². The van der Waals surface area contributed by atoms with Gasteiger partial charge in [0.1, 0.15) is 6.61 Å². The van der Waals surface area contributed by atoms with E-state index in [1.807, 2.05) is 0 Å². The van der Waals surface area contributed by atoms with Crippen LogP contribution in [0.1, 0.15) is 18.2 Å². The maximum absolute atomic E-state index is 11.7. The predicted molar refractivity (Wildman–Crippen MR) is 82.4 cm³/mol. The number of esters is 1. The minimum atomic E-state index is -3.70. The van der Waals surface area contributed by atoms with Crippen molar-refractivity contribution in [2.24, 2.45) is 7.05 Å². The van der Waals surface area contributed by atoms with Crippen LogP contribution in [-0.2, 0) is 30.9 Å². The second-order valence-electron chi connectivity index (χ2n) is 4.88. The van der Waals surface area contributed by atoms with E-state index in [9.17, 15) is 22.8 Å². The van der Waals surface area contributed by atoms with Gasteiger partial charge in [0.25, 0.3) is 15.7 Å². The lowest BCUT2D eigenvalue weighted by atomic mass is 10.1. The summed E-state index contributed by atoms with van der Waals surface area (Å²) in [5.74, 6) is -0.563. The third kappa shape index (κ3) is 5.83. The highest BCUT2D eigenvalue weighted by molar-refractivity contribution is 7.86. The second kappa shape index (κ2) is 7.38. The van der Waals surface area contributed by atoms with Crippen LogP contribution in [-0.4, -0.2) is 43.4 Å². The van der Waals surface area contributed by atoms with E-state index >= 15 is 0 Å². The molecule has 0 amide bonds. The molecule has 0 saturated heterocycles. The Hall–Kier alpha value is -2.20. The van der Waals surface area contributed by atoms with Crippen molar-refractivity contribution in [2.75, 3.05) is 19.5 Å². The number of aromatic nitrogens is 2. The van der Waals surface area contributed by atoms with E-state index in [2.05, 4.69) is 9.17 Å². The molecule has 1 rings (SSSR count). The Morgan fingerprint density at radius 3 is 2.43 bits per heavy atom. The van der Waals surface area contributed by atoms with E-state index in [0.717, 1.165) is 6.26 Å². The Balaban J connectivity index is 3.30. The van der Waals surface area contributed by atoms with Crippen LogP contribution in [0.25, 0.3) is 6.08 Å². The third-order valence-electron chi connectivity index (χ3n) is 2.87. The first-order valence-corrected chi connectivity index (χ1v) is 8.30. The van der Waals surface area contributed by atoms with Gasteiger partial charge in [0.05, 0.1) is 18.6 Å². The molecule has 1 aromatic rings. The molecule has 1 aromatic heterocycles. The number of hydrogen-bond donors (Lipinski definition) is 1. The molecule has 0 atom stereocenters. The smallest absolute Gasteiger partial charge is 0.328 e. The first-order chi connectivity index (χ1) is 10.5. The van der Waals surface area contributed by atoms with Gasteiger partial charge in [0.2, 0.25) is 0 Å². The van der Waals surface area contributed by atoms with Crippen LogP contribution in [0.4, 0.5) is 0 Å². The van der Waals surface area contributed by atoms with E-state index in [0.29, 0.717) is 0 Å². The SMILES string of the molecule is CC(=O)OC/C(=C/c1c(C)c(=O)[nH]c(=O)n1C)COS(C)(=O)=O. The van der Waals surface area contributed by atoms with Gasteiger partial charge in [-0.25, -0.2) is 4.79 Å². The van der Waals surface area contributed by atoms with Gasteiger partial charge in [-0.15, -0.1) is 0 Å². The fourth-order valence-corrected chi connectivity index (χ4v) is 2.02. The van der Waals surface area contributed by atoms with Crippen LogP contribution >= 0.6 is 0 Å². The van der Waals surface area contributed by atoms with Gasteiger partial charge in [0, 0.05) is 19.5 Å². The van der Waals surface area contributed by atoms with Gasteiger partial charge in [-0.1, -0.05) is 0 Å². The summed E-state index contributed by atoms with van der Waals surface area (Å²) in [5.41, 5.74) is -0.392. The monoisotopic (exact) mass is 346 g/mol. The molecule has 0 aromatic carbocycles. The standard InChI is InChI=1S/C13H18N2O7S/c1-8-11(15(3)13(18)14-12(8)17)5-10(6-21-9(2)16)7-22-23(4,19)20/h5H,6-7H2,1-4H3,(H,14,17,18)/b10-5-. The van der Waals surface area contributed by atoms with Crippen molar-refractivity contribution >= 4 is 22.2 Å². The Kier molecular flexibility index (Phi) is 6.05. The molecule has 23 heavy (non-hydrogen) atoms. The first kappa shape index (κ1) is 18.8. The first-order valence-electron chi connectivity index (χ1n) is 6.48. The van der Waals surface area contributed by atoms with Gasteiger partial charge in [-0.3, -0.25) is 23.3 Å². The van der Waals surface area contributed by atoms with Crippen LogP contribution in [0, 0.1) is 6.92 Å². The maximum Gasteiger partial charge on any atom is 0.328 e. The average molecular weight is 346 g/mol. The van der Waals surface area contributed by atoms with Gasteiger partial charge in [0.15, 0.2) is 0 Å². The lowest BCUT2D eigenvalue weighted by Crippen LogP contribution is -2.32. The van der Waals surface area contributed by atoms with Gasteiger partial charge >= 0.3 is 11.7 Å². The largest absolute Gasteiger partial charge is 0.461 e. The van der Waals surface area contributed by atoms with Crippen molar-refractivity contribution < 1.29 is 22.1 Å². The number of aromatic amines is 1. The molecule has 0 aliphatic carbocycles. The van der Waals surface area contributed by atoms with Gasteiger partial charge < -0.3 is 4.74 Å². The molecular weight excluding hydrogens is 328 g/mol. The number of nitrogens with one attached hydrogen (secondary N) is 1. The third-order valence-corrected chi connectivity index (χ3v) is 3.42. The Labute approximate surface area is 132 Å². The molecule has 0 aliphatic heterocycles. The van der Waals surface area contributed by atoms with E-state index in [1.165, 1.54) is 31.5 Å². The molecule has 0 spiro atoms. The second-order valence-corrected chi connectivity index (χ2v) is 6.52.